The van der Waals surface area contributed by atoms with Crippen LogP contribution in [-0.2, 0) is 0 Å². The Morgan fingerprint density at radius 1 is 1.40 bits per heavy atom. The molecule has 0 fully saturated rings. The topological polar surface area (TPSA) is 59.9 Å². The van der Waals surface area contributed by atoms with E-state index in [9.17, 15) is 0 Å². The Kier molecular flexibility index (Phi) is 2.77. The molecule has 0 amide bonds. The summed E-state index contributed by atoms with van der Waals surface area (Å²) in [7, 11) is 3.42. The van der Waals surface area contributed by atoms with Crippen LogP contribution in [0.25, 0.3) is 10.7 Å². The second-order valence-electron chi connectivity index (χ2n) is 2.72. The highest BCUT2D eigenvalue weighted by Crippen LogP contribution is 2.30. The molecule has 0 saturated heterocycles. The third-order valence-corrected chi connectivity index (χ3v) is 2.78. The van der Waals surface area contributed by atoms with Gasteiger partial charge in [0.25, 0.3) is 0 Å². The predicted molar refractivity (Wildman–Crippen MR) is 59.2 cm³/mol. The molecule has 0 aliphatic rings. The molecule has 2 heterocycles. The Bertz CT molecular complexity index is 457. The molecule has 0 bridgehead atoms. The first-order valence-corrected chi connectivity index (χ1v) is 5.17. The van der Waals surface area contributed by atoms with Gasteiger partial charge in [0.2, 0.25) is 5.13 Å². The highest BCUT2D eigenvalue weighted by Gasteiger charge is 2.11. The SMILES string of the molecule is CNc1nnc(-c2ncccc2OC)s1. The Balaban J connectivity index is 2.44. The van der Waals surface area contributed by atoms with Crippen LogP contribution in [0.3, 0.4) is 0 Å². The lowest BCUT2D eigenvalue weighted by atomic mass is 10.3. The number of nitrogens with zero attached hydrogens (tertiary/aromatic N) is 3. The van der Waals surface area contributed by atoms with Crippen LogP contribution in [0, 0.1) is 0 Å². The van der Waals surface area contributed by atoms with E-state index in [2.05, 4.69) is 20.5 Å². The molecule has 0 aliphatic carbocycles. The van der Waals surface area contributed by atoms with Gasteiger partial charge in [0.15, 0.2) is 5.01 Å². The summed E-state index contributed by atoms with van der Waals surface area (Å²) in [5.74, 6) is 0.705. The lowest BCUT2D eigenvalue weighted by molar-refractivity contribution is 0.415. The Morgan fingerprint density at radius 2 is 2.27 bits per heavy atom. The first-order chi connectivity index (χ1) is 7.35. The van der Waals surface area contributed by atoms with Crippen LogP contribution in [0.2, 0.25) is 0 Å². The molecule has 78 valence electrons. The molecule has 0 aliphatic heterocycles. The van der Waals surface area contributed by atoms with Gasteiger partial charge in [-0.25, -0.2) is 4.98 Å². The van der Waals surface area contributed by atoms with Crippen LogP contribution in [0.1, 0.15) is 0 Å². The summed E-state index contributed by atoms with van der Waals surface area (Å²) in [6, 6.07) is 3.67. The Hall–Kier alpha value is -1.69. The molecule has 0 spiro atoms. The Labute approximate surface area is 91.1 Å². The van der Waals surface area contributed by atoms with Crippen LogP contribution in [0.15, 0.2) is 18.3 Å². The second kappa shape index (κ2) is 4.22. The number of anilines is 1. The summed E-state index contributed by atoms with van der Waals surface area (Å²) in [5, 5.41) is 12.4. The van der Waals surface area contributed by atoms with Crippen molar-refractivity contribution in [3.8, 4) is 16.5 Å². The smallest absolute Gasteiger partial charge is 0.205 e. The molecule has 0 atom stereocenters. The molecule has 0 radical (unpaired) electrons. The summed E-state index contributed by atoms with van der Waals surface area (Å²) in [6.07, 6.45) is 1.71. The maximum atomic E-state index is 5.20. The van der Waals surface area contributed by atoms with Gasteiger partial charge in [0.1, 0.15) is 11.4 Å². The maximum absolute atomic E-state index is 5.20. The van der Waals surface area contributed by atoms with Crippen molar-refractivity contribution in [3.05, 3.63) is 18.3 Å². The molecule has 2 aromatic heterocycles. The van der Waals surface area contributed by atoms with E-state index in [0.29, 0.717) is 5.75 Å². The lowest BCUT2D eigenvalue weighted by Crippen LogP contribution is -1.89. The molecule has 0 unspecified atom stereocenters. The summed E-state index contributed by atoms with van der Waals surface area (Å²) in [6.45, 7) is 0. The van der Waals surface area contributed by atoms with Crippen LogP contribution >= 0.6 is 11.3 Å². The normalized spacial score (nSPS) is 10.0. The number of rotatable bonds is 3. The number of aromatic nitrogens is 3. The highest BCUT2D eigenvalue weighted by atomic mass is 32.1. The fraction of sp³-hybridized carbons (Fsp3) is 0.222. The van der Waals surface area contributed by atoms with Gasteiger partial charge in [-0.3, -0.25) is 0 Å². The average Bonchev–Trinajstić information content (AvgIpc) is 2.77. The monoisotopic (exact) mass is 222 g/mol. The van der Waals surface area contributed by atoms with E-state index in [4.69, 9.17) is 4.74 Å². The van der Waals surface area contributed by atoms with Gasteiger partial charge in [0, 0.05) is 13.2 Å². The van der Waals surface area contributed by atoms with Crippen LogP contribution in [0.4, 0.5) is 5.13 Å². The number of nitrogens with one attached hydrogen (secondary N) is 1. The average molecular weight is 222 g/mol. The van der Waals surface area contributed by atoms with E-state index in [1.165, 1.54) is 11.3 Å². The van der Waals surface area contributed by atoms with Gasteiger partial charge in [-0.05, 0) is 12.1 Å². The molecule has 1 N–H and O–H groups in total. The van der Waals surface area contributed by atoms with Gasteiger partial charge in [-0.1, -0.05) is 11.3 Å². The molecule has 5 nitrogen and oxygen atoms in total. The number of hydrogen-bond acceptors (Lipinski definition) is 6. The molecule has 0 saturated carbocycles. The molecule has 0 aromatic carbocycles. The first kappa shape index (κ1) is 9.85. The third-order valence-electron chi connectivity index (χ3n) is 1.83. The van der Waals surface area contributed by atoms with Crippen molar-refractivity contribution in [1.29, 1.82) is 0 Å². The molecule has 6 heteroatoms. The zero-order valence-electron chi connectivity index (χ0n) is 8.39. The van der Waals surface area contributed by atoms with Gasteiger partial charge < -0.3 is 10.1 Å². The Morgan fingerprint density at radius 3 is 2.93 bits per heavy atom. The van der Waals surface area contributed by atoms with Crippen molar-refractivity contribution in [1.82, 2.24) is 15.2 Å². The van der Waals surface area contributed by atoms with Crippen molar-refractivity contribution in [3.63, 3.8) is 0 Å². The predicted octanol–water partition coefficient (Wildman–Crippen LogP) is 1.65. The fourth-order valence-corrected chi connectivity index (χ4v) is 1.83. The molecular formula is C9H10N4OS. The summed E-state index contributed by atoms with van der Waals surface area (Å²) < 4.78 is 5.20. The van der Waals surface area contributed by atoms with Crippen LogP contribution in [-0.4, -0.2) is 29.3 Å². The van der Waals surface area contributed by atoms with Crippen molar-refractivity contribution in [2.24, 2.45) is 0 Å². The van der Waals surface area contributed by atoms with Crippen molar-refractivity contribution in [2.45, 2.75) is 0 Å². The quantitative estimate of drug-likeness (QED) is 0.855. The fourth-order valence-electron chi connectivity index (χ4n) is 1.14. The van der Waals surface area contributed by atoms with Gasteiger partial charge >= 0.3 is 0 Å². The van der Waals surface area contributed by atoms with E-state index in [-0.39, 0.29) is 0 Å². The number of hydrogen-bond donors (Lipinski definition) is 1. The second-order valence-corrected chi connectivity index (χ2v) is 3.69. The van der Waals surface area contributed by atoms with Crippen molar-refractivity contribution < 1.29 is 4.74 Å². The van der Waals surface area contributed by atoms with Crippen LogP contribution < -0.4 is 10.1 Å². The summed E-state index contributed by atoms with van der Waals surface area (Å²) >= 11 is 1.44. The van der Waals surface area contributed by atoms with E-state index < -0.39 is 0 Å². The van der Waals surface area contributed by atoms with E-state index in [1.54, 1.807) is 20.4 Å². The largest absolute Gasteiger partial charge is 0.494 e. The number of pyridine rings is 1. The zero-order valence-corrected chi connectivity index (χ0v) is 9.21. The minimum Gasteiger partial charge on any atom is -0.494 e. The van der Waals surface area contributed by atoms with Crippen LogP contribution in [0.5, 0.6) is 5.75 Å². The zero-order chi connectivity index (χ0) is 10.7. The van der Waals surface area contributed by atoms with E-state index >= 15 is 0 Å². The summed E-state index contributed by atoms with van der Waals surface area (Å²) in [4.78, 5) is 4.22. The van der Waals surface area contributed by atoms with Gasteiger partial charge in [-0.15, -0.1) is 10.2 Å². The standard InChI is InChI=1S/C9H10N4OS/c1-10-9-13-12-8(15-9)7-6(14-2)4-3-5-11-7/h3-5H,1-2H3,(H,10,13). The van der Waals surface area contributed by atoms with E-state index in [1.807, 2.05) is 12.1 Å². The minimum absolute atomic E-state index is 0.705. The number of ether oxygens (including phenoxy) is 1. The maximum Gasteiger partial charge on any atom is 0.205 e. The van der Waals surface area contributed by atoms with Crippen molar-refractivity contribution in [2.75, 3.05) is 19.5 Å². The molecule has 2 aromatic rings. The lowest BCUT2D eigenvalue weighted by Gasteiger charge is -2.02. The summed E-state index contributed by atoms with van der Waals surface area (Å²) in [5.41, 5.74) is 0.721. The number of methoxy groups -OCH3 is 1. The molecular weight excluding hydrogens is 212 g/mol. The first-order valence-electron chi connectivity index (χ1n) is 4.35. The molecule has 2 rings (SSSR count). The van der Waals surface area contributed by atoms with Gasteiger partial charge in [-0.2, -0.15) is 0 Å². The van der Waals surface area contributed by atoms with Crippen molar-refractivity contribution >= 4 is 16.5 Å². The third kappa shape index (κ3) is 1.89. The minimum atomic E-state index is 0.705. The van der Waals surface area contributed by atoms with E-state index in [0.717, 1.165) is 15.8 Å². The highest BCUT2D eigenvalue weighted by molar-refractivity contribution is 7.18. The van der Waals surface area contributed by atoms with Gasteiger partial charge in [0.05, 0.1) is 7.11 Å². The molecule has 15 heavy (non-hydrogen) atoms.